The quantitative estimate of drug-likeness (QED) is 0.854. The zero-order chi connectivity index (χ0) is 14.4. The van der Waals surface area contributed by atoms with Crippen molar-refractivity contribution in [3.63, 3.8) is 0 Å². The molecule has 2 aromatic rings. The number of ether oxygens (including phenoxy) is 1. The van der Waals surface area contributed by atoms with Gasteiger partial charge < -0.3 is 9.84 Å². The Balaban J connectivity index is 2.00. The number of hydrogen-bond donors (Lipinski definition) is 1. The van der Waals surface area contributed by atoms with Gasteiger partial charge in [0.25, 0.3) is 0 Å². The lowest BCUT2D eigenvalue weighted by Crippen LogP contribution is -2.08. The van der Waals surface area contributed by atoms with Gasteiger partial charge in [-0.15, -0.1) is 0 Å². The Kier molecular flexibility index (Phi) is 5.19. The molecule has 0 saturated carbocycles. The van der Waals surface area contributed by atoms with Crippen molar-refractivity contribution in [2.24, 2.45) is 0 Å². The Labute approximate surface area is 121 Å². The standard InChI is InChI=1S/C18H22O2/c1-14(2)20-18-11-7-6-10-16(18)12-13-17(19)15-8-4-3-5-9-15/h3-11,14,17,19H,12-13H2,1-2H3. The molecule has 1 unspecified atom stereocenters. The first kappa shape index (κ1) is 14.6. The minimum Gasteiger partial charge on any atom is -0.491 e. The van der Waals surface area contributed by atoms with Gasteiger partial charge in [0.05, 0.1) is 12.2 Å². The average Bonchev–Trinajstić information content (AvgIpc) is 2.46. The first-order chi connectivity index (χ1) is 9.66. The highest BCUT2D eigenvalue weighted by atomic mass is 16.5. The summed E-state index contributed by atoms with van der Waals surface area (Å²) >= 11 is 0. The minimum atomic E-state index is -0.427. The Morgan fingerprint density at radius 3 is 2.30 bits per heavy atom. The van der Waals surface area contributed by atoms with Crippen LogP contribution in [-0.2, 0) is 6.42 Å². The summed E-state index contributed by atoms with van der Waals surface area (Å²) < 4.78 is 5.80. The fourth-order valence-electron chi connectivity index (χ4n) is 2.21. The van der Waals surface area contributed by atoms with E-state index in [-0.39, 0.29) is 6.10 Å². The normalized spacial score (nSPS) is 12.4. The van der Waals surface area contributed by atoms with Crippen LogP contribution in [0.15, 0.2) is 54.6 Å². The van der Waals surface area contributed by atoms with Crippen LogP contribution >= 0.6 is 0 Å². The van der Waals surface area contributed by atoms with Crippen LogP contribution in [0.25, 0.3) is 0 Å². The van der Waals surface area contributed by atoms with E-state index in [1.165, 1.54) is 0 Å². The number of rotatable bonds is 6. The number of aryl methyl sites for hydroxylation is 1. The molecular formula is C18H22O2. The predicted octanol–water partition coefficient (Wildman–Crippen LogP) is 4.14. The molecule has 2 aromatic carbocycles. The summed E-state index contributed by atoms with van der Waals surface area (Å²) in [6.45, 7) is 4.05. The van der Waals surface area contributed by atoms with E-state index in [0.29, 0.717) is 6.42 Å². The third-order valence-corrected chi connectivity index (χ3v) is 3.21. The van der Waals surface area contributed by atoms with Crippen LogP contribution in [0.2, 0.25) is 0 Å². The van der Waals surface area contributed by atoms with Crippen molar-refractivity contribution in [2.75, 3.05) is 0 Å². The molecular weight excluding hydrogens is 248 g/mol. The fraction of sp³-hybridized carbons (Fsp3) is 0.333. The molecule has 106 valence electrons. The lowest BCUT2D eigenvalue weighted by atomic mass is 10.0. The second-order valence-corrected chi connectivity index (χ2v) is 5.24. The molecule has 0 aliphatic heterocycles. The second kappa shape index (κ2) is 7.11. The van der Waals surface area contributed by atoms with Crippen LogP contribution in [0.3, 0.4) is 0 Å². The highest BCUT2D eigenvalue weighted by Gasteiger charge is 2.10. The molecule has 20 heavy (non-hydrogen) atoms. The molecule has 0 spiro atoms. The van der Waals surface area contributed by atoms with Gasteiger partial charge in [0.15, 0.2) is 0 Å². The molecule has 0 saturated heterocycles. The van der Waals surface area contributed by atoms with Crippen molar-refractivity contribution >= 4 is 0 Å². The summed E-state index contributed by atoms with van der Waals surface area (Å²) in [6.07, 6.45) is 1.24. The van der Waals surface area contributed by atoms with Crippen LogP contribution in [0.4, 0.5) is 0 Å². The minimum absolute atomic E-state index is 0.162. The van der Waals surface area contributed by atoms with E-state index in [1.807, 2.05) is 62.4 Å². The Morgan fingerprint density at radius 2 is 1.60 bits per heavy atom. The Bertz CT molecular complexity index is 520. The SMILES string of the molecule is CC(C)Oc1ccccc1CCC(O)c1ccccc1. The van der Waals surface area contributed by atoms with Crippen molar-refractivity contribution in [3.05, 3.63) is 65.7 Å². The van der Waals surface area contributed by atoms with Crippen molar-refractivity contribution in [1.29, 1.82) is 0 Å². The van der Waals surface area contributed by atoms with Gasteiger partial charge in [0.1, 0.15) is 5.75 Å². The van der Waals surface area contributed by atoms with Gasteiger partial charge in [-0.2, -0.15) is 0 Å². The van der Waals surface area contributed by atoms with E-state index in [1.54, 1.807) is 0 Å². The smallest absolute Gasteiger partial charge is 0.122 e. The number of benzene rings is 2. The largest absolute Gasteiger partial charge is 0.491 e. The van der Waals surface area contributed by atoms with Crippen molar-refractivity contribution in [1.82, 2.24) is 0 Å². The van der Waals surface area contributed by atoms with Crippen molar-refractivity contribution < 1.29 is 9.84 Å². The molecule has 2 heteroatoms. The van der Waals surface area contributed by atoms with Crippen LogP contribution < -0.4 is 4.74 Å². The van der Waals surface area contributed by atoms with E-state index in [4.69, 9.17) is 4.74 Å². The maximum Gasteiger partial charge on any atom is 0.122 e. The molecule has 0 aromatic heterocycles. The lowest BCUT2D eigenvalue weighted by molar-refractivity contribution is 0.167. The average molecular weight is 270 g/mol. The monoisotopic (exact) mass is 270 g/mol. The summed E-state index contributed by atoms with van der Waals surface area (Å²) in [6, 6.07) is 17.8. The van der Waals surface area contributed by atoms with Gasteiger partial charge in [0.2, 0.25) is 0 Å². The summed E-state index contributed by atoms with van der Waals surface area (Å²) in [4.78, 5) is 0. The summed E-state index contributed by atoms with van der Waals surface area (Å²) in [5.74, 6) is 0.919. The third-order valence-electron chi connectivity index (χ3n) is 3.21. The van der Waals surface area contributed by atoms with Crippen LogP contribution in [0.1, 0.15) is 37.5 Å². The molecule has 0 bridgehead atoms. The third kappa shape index (κ3) is 4.10. The topological polar surface area (TPSA) is 29.5 Å². The molecule has 0 heterocycles. The van der Waals surface area contributed by atoms with Crippen molar-refractivity contribution in [3.8, 4) is 5.75 Å². The second-order valence-electron chi connectivity index (χ2n) is 5.24. The zero-order valence-electron chi connectivity index (χ0n) is 12.1. The molecule has 0 amide bonds. The first-order valence-corrected chi connectivity index (χ1v) is 7.14. The molecule has 1 N–H and O–H groups in total. The molecule has 2 rings (SSSR count). The lowest BCUT2D eigenvalue weighted by Gasteiger charge is -2.16. The maximum atomic E-state index is 10.2. The first-order valence-electron chi connectivity index (χ1n) is 7.14. The van der Waals surface area contributed by atoms with E-state index in [0.717, 1.165) is 23.3 Å². The van der Waals surface area contributed by atoms with Gasteiger partial charge in [-0.3, -0.25) is 0 Å². The van der Waals surface area contributed by atoms with E-state index in [9.17, 15) is 5.11 Å². The fourth-order valence-corrected chi connectivity index (χ4v) is 2.21. The summed E-state index contributed by atoms with van der Waals surface area (Å²) in [5.41, 5.74) is 2.12. The van der Waals surface area contributed by atoms with Crippen molar-refractivity contribution in [2.45, 2.75) is 38.9 Å². The predicted molar refractivity (Wildman–Crippen MR) is 81.9 cm³/mol. The Morgan fingerprint density at radius 1 is 0.950 bits per heavy atom. The van der Waals surface area contributed by atoms with Gasteiger partial charge >= 0.3 is 0 Å². The van der Waals surface area contributed by atoms with Gasteiger partial charge in [-0.25, -0.2) is 0 Å². The molecule has 0 radical (unpaired) electrons. The highest BCUT2D eigenvalue weighted by Crippen LogP contribution is 2.24. The number of aliphatic hydroxyl groups excluding tert-OH is 1. The van der Waals surface area contributed by atoms with Gasteiger partial charge in [-0.1, -0.05) is 48.5 Å². The van der Waals surface area contributed by atoms with Crippen LogP contribution in [-0.4, -0.2) is 11.2 Å². The highest BCUT2D eigenvalue weighted by molar-refractivity contribution is 5.33. The van der Waals surface area contributed by atoms with Crippen LogP contribution in [0.5, 0.6) is 5.75 Å². The molecule has 1 atom stereocenters. The molecule has 0 aliphatic carbocycles. The van der Waals surface area contributed by atoms with E-state index in [2.05, 4.69) is 6.07 Å². The van der Waals surface area contributed by atoms with Gasteiger partial charge in [0, 0.05) is 0 Å². The summed E-state index contributed by atoms with van der Waals surface area (Å²) in [7, 11) is 0. The zero-order valence-corrected chi connectivity index (χ0v) is 12.1. The maximum absolute atomic E-state index is 10.2. The number of para-hydroxylation sites is 1. The molecule has 2 nitrogen and oxygen atoms in total. The molecule has 0 aliphatic rings. The number of hydrogen-bond acceptors (Lipinski definition) is 2. The van der Waals surface area contributed by atoms with E-state index >= 15 is 0 Å². The van der Waals surface area contributed by atoms with E-state index < -0.39 is 6.10 Å². The van der Waals surface area contributed by atoms with Gasteiger partial charge in [-0.05, 0) is 43.9 Å². The molecule has 0 fully saturated rings. The van der Waals surface area contributed by atoms with Crippen LogP contribution in [0, 0.1) is 0 Å². The Hall–Kier alpha value is -1.80. The number of aliphatic hydroxyl groups is 1. The summed E-state index contributed by atoms with van der Waals surface area (Å²) in [5, 5.41) is 10.2.